The van der Waals surface area contributed by atoms with Crippen LogP contribution in [0.5, 0.6) is 0 Å². The fourth-order valence-corrected chi connectivity index (χ4v) is 3.61. The number of carboxylic acids is 1. The normalized spacial score (nSPS) is 18.4. The van der Waals surface area contributed by atoms with Gasteiger partial charge >= 0.3 is 5.97 Å². The van der Waals surface area contributed by atoms with Gasteiger partial charge in [0.15, 0.2) is 0 Å². The first-order valence-corrected chi connectivity index (χ1v) is 10.5. The molecule has 1 saturated heterocycles. The Morgan fingerprint density at radius 2 is 1.94 bits per heavy atom. The highest BCUT2D eigenvalue weighted by atomic mass is 32.1. The van der Waals surface area contributed by atoms with E-state index in [1.54, 1.807) is 0 Å². The molecule has 0 aliphatic carbocycles. The molecule has 176 valence electrons. The zero-order valence-electron chi connectivity index (χ0n) is 17.2. The van der Waals surface area contributed by atoms with Crippen molar-refractivity contribution in [2.24, 2.45) is 11.5 Å². The summed E-state index contributed by atoms with van der Waals surface area (Å²) in [7, 11) is 0. The number of carboxylic acid groups (broad SMARTS) is 1. The fraction of sp³-hybridized carbons (Fsp3) is 0.556. The average molecular weight is 470 g/mol. The topological polar surface area (TPSA) is 214 Å². The summed E-state index contributed by atoms with van der Waals surface area (Å²) in [5.74, 6) is -4.04. The molecule has 2 heterocycles. The lowest BCUT2D eigenvalue weighted by Gasteiger charge is -2.28. The molecule has 0 aromatic carbocycles. The molecule has 0 bridgehead atoms. The van der Waals surface area contributed by atoms with Gasteiger partial charge in [-0.2, -0.15) is 12.6 Å². The van der Waals surface area contributed by atoms with E-state index >= 15 is 0 Å². The van der Waals surface area contributed by atoms with Gasteiger partial charge in [0.25, 0.3) is 0 Å². The highest BCUT2D eigenvalue weighted by molar-refractivity contribution is 7.80. The molecular formula is C18H27N7O6S. The minimum atomic E-state index is -1.26. The summed E-state index contributed by atoms with van der Waals surface area (Å²) in [6, 6.07) is -4.49. The Balaban J connectivity index is 2.12. The predicted octanol–water partition coefficient (Wildman–Crippen LogP) is -2.87. The molecule has 4 amide bonds. The van der Waals surface area contributed by atoms with Crippen molar-refractivity contribution in [3.05, 3.63) is 18.2 Å². The maximum absolute atomic E-state index is 12.9. The summed E-state index contributed by atoms with van der Waals surface area (Å²) in [6.45, 7) is 0.256. The number of nitrogens with two attached hydrogens (primary N) is 2. The molecule has 0 radical (unpaired) electrons. The number of hydrogen-bond donors (Lipinski definition) is 7. The molecule has 14 heteroatoms. The Kier molecular flexibility index (Phi) is 9.02. The van der Waals surface area contributed by atoms with Crippen molar-refractivity contribution in [3.8, 4) is 0 Å². The molecule has 1 aliphatic rings. The number of hydrogen-bond acceptors (Lipinski definition) is 8. The monoisotopic (exact) mass is 469 g/mol. The molecule has 13 nitrogen and oxygen atoms in total. The summed E-state index contributed by atoms with van der Waals surface area (Å²) in [5, 5.41) is 14.3. The Morgan fingerprint density at radius 3 is 2.50 bits per heavy atom. The van der Waals surface area contributed by atoms with Crippen LogP contribution in [0.3, 0.4) is 0 Å². The van der Waals surface area contributed by atoms with Gasteiger partial charge in [-0.1, -0.05) is 0 Å². The standard InChI is InChI=1S/C18H27N7O6S/c19-10(5-14(20)26)15(27)23-11(4-9-6-21-8-22-9)16(28)24-12(7-32)17(29)25-3-1-2-13(25)18(30)31/h6,8,10-13,32H,1-5,7,19H2,(H2,20,26)(H,21,22)(H,23,27)(H,24,28)(H,30,31). The fourth-order valence-electron chi connectivity index (χ4n) is 3.36. The molecule has 1 fully saturated rings. The van der Waals surface area contributed by atoms with Gasteiger partial charge in [-0.05, 0) is 12.8 Å². The van der Waals surface area contributed by atoms with Gasteiger partial charge in [0, 0.05) is 30.6 Å². The lowest BCUT2D eigenvalue weighted by Crippen LogP contribution is -2.58. The molecule has 1 aromatic heterocycles. The Labute approximate surface area is 189 Å². The van der Waals surface area contributed by atoms with Crippen LogP contribution in [0.2, 0.25) is 0 Å². The molecule has 4 unspecified atom stereocenters. The SMILES string of the molecule is NC(=O)CC(N)C(=O)NC(Cc1cnc[nH]1)C(=O)NC(CS)C(=O)N1CCCC1C(=O)O. The zero-order valence-corrected chi connectivity index (χ0v) is 18.1. The first kappa shape index (κ1) is 25.1. The second kappa shape index (κ2) is 11.5. The van der Waals surface area contributed by atoms with Gasteiger partial charge in [-0.25, -0.2) is 9.78 Å². The zero-order chi connectivity index (χ0) is 23.8. The van der Waals surface area contributed by atoms with Crippen molar-refractivity contribution in [3.63, 3.8) is 0 Å². The van der Waals surface area contributed by atoms with Crippen LogP contribution < -0.4 is 22.1 Å². The molecule has 0 saturated carbocycles. The van der Waals surface area contributed by atoms with Crippen LogP contribution >= 0.6 is 12.6 Å². The van der Waals surface area contributed by atoms with E-state index in [9.17, 15) is 29.1 Å². The molecular weight excluding hydrogens is 442 g/mol. The number of thiol groups is 1. The van der Waals surface area contributed by atoms with Crippen LogP contribution in [0.15, 0.2) is 12.5 Å². The quantitative estimate of drug-likeness (QED) is 0.167. The third kappa shape index (κ3) is 6.68. The lowest BCUT2D eigenvalue weighted by molar-refractivity contribution is -0.149. The maximum atomic E-state index is 12.9. The molecule has 2 rings (SSSR count). The first-order valence-electron chi connectivity index (χ1n) is 9.90. The predicted molar refractivity (Wildman–Crippen MR) is 114 cm³/mol. The highest BCUT2D eigenvalue weighted by Crippen LogP contribution is 2.19. The van der Waals surface area contributed by atoms with Crippen molar-refractivity contribution in [2.75, 3.05) is 12.3 Å². The van der Waals surface area contributed by atoms with Crippen LogP contribution in [0.25, 0.3) is 0 Å². The smallest absolute Gasteiger partial charge is 0.326 e. The number of aromatic amines is 1. The highest BCUT2D eigenvalue weighted by Gasteiger charge is 2.38. The molecule has 32 heavy (non-hydrogen) atoms. The lowest BCUT2D eigenvalue weighted by atomic mass is 10.1. The van der Waals surface area contributed by atoms with Gasteiger partial charge in [0.1, 0.15) is 18.1 Å². The summed E-state index contributed by atoms with van der Waals surface area (Å²) in [5.41, 5.74) is 11.2. The van der Waals surface area contributed by atoms with E-state index < -0.39 is 60.2 Å². The number of aliphatic carboxylic acids is 1. The number of primary amides is 1. The van der Waals surface area contributed by atoms with Crippen LogP contribution in [0.4, 0.5) is 0 Å². The third-order valence-electron chi connectivity index (χ3n) is 4.99. The summed E-state index contributed by atoms with van der Waals surface area (Å²) >= 11 is 4.12. The number of nitrogens with zero attached hydrogens (tertiary/aromatic N) is 2. The van der Waals surface area contributed by atoms with Gasteiger partial charge in [-0.15, -0.1) is 0 Å². The summed E-state index contributed by atoms with van der Waals surface area (Å²) < 4.78 is 0. The minimum absolute atomic E-state index is 0.00415. The van der Waals surface area contributed by atoms with Crippen LogP contribution in [-0.2, 0) is 30.4 Å². The van der Waals surface area contributed by atoms with Gasteiger partial charge in [0.05, 0.1) is 18.8 Å². The average Bonchev–Trinajstić information content (AvgIpc) is 3.42. The van der Waals surface area contributed by atoms with E-state index in [2.05, 4.69) is 33.2 Å². The van der Waals surface area contributed by atoms with E-state index in [-0.39, 0.29) is 18.7 Å². The first-order chi connectivity index (χ1) is 15.1. The van der Waals surface area contributed by atoms with Crippen molar-refractivity contribution in [1.82, 2.24) is 25.5 Å². The van der Waals surface area contributed by atoms with E-state index in [1.807, 2.05) is 0 Å². The molecule has 1 aromatic rings. The van der Waals surface area contributed by atoms with Crippen molar-refractivity contribution < 1.29 is 29.1 Å². The van der Waals surface area contributed by atoms with Crippen molar-refractivity contribution in [1.29, 1.82) is 0 Å². The van der Waals surface area contributed by atoms with Gasteiger partial charge < -0.3 is 37.1 Å². The third-order valence-corrected chi connectivity index (χ3v) is 5.35. The second-order valence-corrected chi connectivity index (χ2v) is 7.76. The number of carbonyl (C=O) groups is 5. The molecule has 4 atom stereocenters. The number of aromatic nitrogens is 2. The number of likely N-dealkylation sites (tertiary alicyclic amines) is 1. The van der Waals surface area contributed by atoms with Gasteiger partial charge in [-0.3, -0.25) is 19.2 Å². The summed E-state index contributed by atoms with van der Waals surface area (Å²) in [4.78, 5) is 68.4. The van der Waals surface area contributed by atoms with Crippen LogP contribution in [0, 0.1) is 0 Å². The molecule has 0 spiro atoms. The number of imidazole rings is 1. The summed E-state index contributed by atoms with van der Waals surface area (Å²) in [6.07, 6.45) is 3.29. The largest absolute Gasteiger partial charge is 0.480 e. The van der Waals surface area contributed by atoms with Crippen LogP contribution in [-0.4, -0.2) is 86.0 Å². The van der Waals surface area contributed by atoms with E-state index in [1.165, 1.54) is 17.4 Å². The van der Waals surface area contributed by atoms with E-state index in [0.29, 0.717) is 18.5 Å². The van der Waals surface area contributed by atoms with E-state index in [0.717, 1.165) is 0 Å². The number of rotatable bonds is 11. The second-order valence-electron chi connectivity index (χ2n) is 7.39. The van der Waals surface area contributed by atoms with Crippen LogP contribution in [0.1, 0.15) is 25.0 Å². The number of H-pyrrole nitrogens is 1. The molecule has 1 aliphatic heterocycles. The maximum Gasteiger partial charge on any atom is 0.326 e. The number of amides is 4. The van der Waals surface area contributed by atoms with Crippen molar-refractivity contribution in [2.45, 2.75) is 49.9 Å². The molecule has 8 N–H and O–H groups in total. The Hall–Kier alpha value is -3.13. The Morgan fingerprint density at radius 1 is 1.25 bits per heavy atom. The van der Waals surface area contributed by atoms with Gasteiger partial charge in [0.2, 0.25) is 23.6 Å². The van der Waals surface area contributed by atoms with E-state index in [4.69, 9.17) is 11.5 Å². The minimum Gasteiger partial charge on any atom is -0.480 e. The number of carbonyl (C=O) groups excluding carboxylic acids is 4. The van der Waals surface area contributed by atoms with Crippen molar-refractivity contribution >= 4 is 42.2 Å². The Bertz CT molecular complexity index is 849. The number of nitrogens with one attached hydrogen (secondary N) is 3.